The molecule has 0 saturated carbocycles. The molecule has 1 amide bonds. The lowest BCUT2D eigenvalue weighted by atomic mass is 9.88. The van der Waals surface area contributed by atoms with Crippen LogP contribution in [0.1, 0.15) is 46.5 Å². The van der Waals surface area contributed by atoms with E-state index in [1.165, 1.54) is 12.8 Å². The number of rotatable bonds is 1. The van der Waals surface area contributed by atoms with Gasteiger partial charge in [0, 0.05) is 12.6 Å². The second kappa shape index (κ2) is 5.38. The summed E-state index contributed by atoms with van der Waals surface area (Å²) in [5.74, 6) is 1.60. The molecule has 2 heterocycles. The standard InChI is InChI=1S/C14H26N2O/c1-10-6-8-16(12(3)9-10)14(17)13-11(2)5-4-7-15-13/h10-13,15H,4-9H2,1-3H3. The smallest absolute Gasteiger partial charge is 0.240 e. The number of amides is 1. The van der Waals surface area contributed by atoms with Crippen LogP contribution in [0.15, 0.2) is 0 Å². The first-order valence-corrected chi connectivity index (χ1v) is 7.13. The van der Waals surface area contributed by atoms with Crippen LogP contribution >= 0.6 is 0 Å². The summed E-state index contributed by atoms with van der Waals surface area (Å²) >= 11 is 0. The monoisotopic (exact) mass is 238 g/mol. The Bertz CT molecular complexity index is 279. The topological polar surface area (TPSA) is 32.3 Å². The maximum Gasteiger partial charge on any atom is 0.240 e. The Kier molecular flexibility index (Phi) is 4.08. The lowest BCUT2D eigenvalue weighted by molar-refractivity contribution is -0.139. The van der Waals surface area contributed by atoms with Crippen molar-refractivity contribution in [2.75, 3.05) is 13.1 Å². The molecule has 3 heteroatoms. The van der Waals surface area contributed by atoms with Gasteiger partial charge < -0.3 is 10.2 Å². The van der Waals surface area contributed by atoms with Gasteiger partial charge in [0.25, 0.3) is 0 Å². The molecule has 2 aliphatic rings. The van der Waals surface area contributed by atoms with Crippen molar-refractivity contribution in [2.24, 2.45) is 11.8 Å². The minimum atomic E-state index is 0.0691. The highest BCUT2D eigenvalue weighted by molar-refractivity contribution is 5.82. The van der Waals surface area contributed by atoms with Crippen LogP contribution < -0.4 is 5.32 Å². The maximum absolute atomic E-state index is 12.5. The first kappa shape index (κ1) is 12.9. The fraction of sp³-hybridized carbons (Fsp3) is 0.929. The summed E-state index contributed by atoms with van der Waals surface area (Å²) in [6, 6.07) is 0.488. The molecule has 4 unspecified atom stereocenters. The fourth-order valence-electron chi connectivity index (χ4n) is 3.29. The number of hydrogen-bond acceptors (Lipinski definition) is 2. The molecule has 17 heavy (non-hydrogen) atoms. The molecule has 0 spiro atoms. The Morgan fingerprint density at radius 2 is 2.00 bits per heavy atom. The zero-order valence-electron chi connectivity index (χ0n) is 11.4. The number of piperidine rings is 2. The van der Waals surface area contributed by atoms with Gasteiger partial charge in [-0.15, -0.1) is 0 Å². The molecule has 3 nitrogen and oxygen atoms in total. The molecule has 2 fully saturated rings. The molecule has 4 atom stereocenters. The minimum Gasteiger partial charge on any atom is -0.339 e. The van der Waals surface area contributed by atoms with Crippen LogP contribution in [0.25, 0.3) is 0 Å². The first-order valence-electron chi connectivity index (χ1n) is 7.13. The van der Waals surface area contributed by atoms with Gasteiger partial charge in [-0.05, 0) is 51.0 Å². The average molecular weight is 238 g/mol. The summed E-state index contributed by atoms with van der Waals surface area (Å²) < 4.78 is 0. The van der Waals surface area contributed by atoms with Crippen molar-refractivity contribution in [3.8, 4) is 0 Å². The van der Waals surface area contributed by atoms with Gasteiger partial charge in [-0.1, -0.05) is 13.8 Å². The van der Waals surface area contributed by atoms with E-state index in [4.69, 9.17) is 0 Å². The van der Waals surface area contributed by atoms with Crippen molar-refractivity contribution >= 4 is 5.91 Å². The van der Waals surface area contributed by atoms with Gasteiger partial charge in [0.05, 0.1) is 6.04 Å². The second-order valence-corrected chi connectivity index (χ2v) is 6.06. The summed E-state index contributed by atoms with van der Waals surface area (Å²) in [7, 11) is 0. The van der Waals surface area contributed by atoms with E-state index in [0.717, 1.165) is 31.8 Å². The Hall–Kier alpha value is -0.570. The number of likely N-dealkylation sites (tertiary alicyclic amines) is 1. The van der Waals surface area contributed by atoms with Gasteiger partial charge in [-0.25, -0.2) is 0 Å². The molecule has 2 aliphatic heterocycles. The summed E-state index contributed by atoms with van der Waals surface area (Å²) in [5, 5.41) is 3.41. The van der Waals surface area contributed by atoms with Crippen LogP contribution in [0.2, 0.25) is 0 Å². The van der Waals surface area contributed by atoms with Crippen LogP contribution in [-0.2, 0) is 4.79 Å². The average Bonchev–Trinajstić information content (AvgIpc) is 2.29. The SMILES string of the molecule is CC1CCN(C(=O)C2NCCCC2C)C(C)C1. The maximum atomic E-state index is 12.5. The number of hydrogen-bond donors (Lipinski definition) is 1. The lowest BCUT2D eigenvalue weighted by Crippen LogP contribution is -2.56. The van der Waals surface area contributed by atoms with Crippen LogP contribution in [-0.4, -0.2) is 36.0 Å². The molecule has 98 valence electrons. The normalized spacial score (nSPS) is 39.1. The van der Waals surface area contributed by atoms with Crippen LogP contribution in [0.3, 0.4) is 0 Å². The molecule has 1 N–H and O–H groups in total. The van der Waals surface area contributed by atoms with E-state index in [1.807, 2.05) is 0 Å². The van der Waals surface area contributed by atoms with Crippen molar-refractivity contribution in [3.63, 3.8) is 0 Å². The Balaban J connectivity index is 1.98. The van der Waals surface area contributed by atoms with Gasteiger partial charge >= 0.3 is 0 Å². The summed E-state index contributed by atoms with van der Waals surface area (Å²) in [4.78, 5) is 14.7. The van der Waals surface area contributed by atoms with E-state index >= 15 is 0 Å². The quantitative estimate of drug-likeness (QED) is 0.758. The van der Waals surface area contributed by atoms with E-state index < -0.39 is 0 Å². The Morgan fingerprint density at radius 3 is 2.65 bits per heavy atom. The fourth-order valence-corrected chi connectivity index (χ4v) is 3.29. The van der Waals surface area contributed by atoms with Crippen molar-refractivity contribution in [1.29, 1.82) is 0 Å². The third kappa shape index (κ3) is 2.82. The Morgan fingerprint density at radius 1 is 1.24 bits per heavy atom. The molecular weight excluding hydrogens is 212 g/mol. The van der Waals surface area contributed by atoms with Gasteiger partial charge in [0.2, 0.25) is 5.91 Å². The molecule has 0 bridgehead atoms. The molecule has 0 aromatic heterocycles. The van der Waals surface area contributed by atoms with Crippen molar-refractivity contribution < 1.29 is 4.79 Å². The molecule has 2 rings (SSSR count). The van der Waals surface area contributed by atoms with Crippen molar-refractivity contribution in [2.45, 2.75) is 58.5 Å². The highest BCUT2D eigenvalue weighted by Gasteiger charge is 2.34. The highest BCUT2D eigenvalue weighted by Crippen LogP contribution is 2.25. The van der Waals surface area contributed by atoms with E-state index in [-0.39, 0.29) is 6.04 Å². The molecule has 0 aromatic rings. The minimum absolute atomic E-state index is 0.0691. The molecular formula is C14H26N2O. The van der Waals surface area contributed by atoms with E-state index in [2.05, 4.69) is 31.0 Å². The lowest BCUT2D eigenvalue weighted by Gasteiger charge is -2.40. The molecule has 2 saturated heterocycles. The van der Waals surface area contributed by atoms with E-state index in [0.29, 0.717) is 17.9 Å². The third-order valence-corrected chi connectivity index (χ3v) is 4.46. The number of nitrogens with zero attached hydrogens (tertiary/aromatic N) is 1. The predicted octanol–water partition coefficient (Wildman–Crippen LogP) is 2.02. The van der Waals surface area contributed by atoms with E-state index in [1.54, 1.807) is 0 Å². The summed E-state index contributed by atoms with van der Waals surface area (Å²) in [6.07, 6.45) is 4.71. The molecule has 0 aliphatic carbocycles. The largest absolute Gasteiger partial charge is 0.339 e. The summed E-state index contributed by atoms with van der Waals surface area (Å²) in [5.41, 5.74) is 0. The third-order valence-electron chi connectivity index (χ3n) is 4.46. The van der Waals surface area contributed by atoms with Crippen LogP contribution in [0.5, 0.6) is 0 Å². The van der Waals surface area contributed by atoms with Gasteiger partial charge in [-0.2, -0.15) is 0 Å². The van der Waals surface area contributed by atoms with Gasteiger partial charge in [-0.3, -0.25) is 4.79 Å². The van der Waals surface area contributed by atoms with E-state index in [9.17, 15) is 4.79 Å². The highest BCUT2D eigenvalue weighted by atomic mass is 16.2. The van der Waals surface area contributed by atoms with Gasteiger partial charge in [0.1, 0.15) is 0 Å². The predicted molar refractivity (Wildman–Crippen MR) is 69.8 cm³/mol. The first-order chi connectivity index (χ1) is 8.09. The number of carbonyl (C=O) groups excluding carboxylic acids is 1. The van der Waals surface area contributed by atoms with Crippen LogP contribution in [0.4, 0.5) is 0 Å². The Labute approximate surface area is 105 Å². The zero-order valence-corrected chi connectivity index (χ0v) is 11.4. The van der Waals surface area contributed by atoms with Crippen molar-refractivity contribution in [3.05, 3.63) is 0 Å². The van der Waals surface area contributed by atoms with Gasteiger partial charge in [0.15, 0.2) is 0 Å². The number of carbonyl (C=O) groups is 1. The van der Waals surface area contributed by atoms with Crippen molar-refractivity contribution in [1.82, 2.24) is 10.2 Å². The second-order valence-electron chi connectivity index (χ2n) is 6.06. The molecule has 0 radical (unpaired) electrons. The summed E-state index contributed by atoms with van der Waals surface area (Å²) in [6.45, 7) is 8.64. The zero-order chi connectivity index (χ0) is 12.4. The van der Waals surface area contributed by atoms with Crippen LogP contribution in [0, 0.1) is 11.8 Å². The molecule has 0 aromatic carbocycles. The number of nitrogens with one attached hydrogen (secondary N) is 1.